The number of hydrogen-bond donors (Lipinski definition) is 0. The first-order valence-corrected chi connectivity index (χ1v) is 5.27. The van der Waals surface area contributed by atoms with Crippen LogP contribution in [0, 0.1) is 6.92 Å². The van der Waals surface area contributed by atoms with Gasteiger partial charge in [-0.15, -0.1) is 0 Å². The normalized spacial score (nSPS) is 11.1. The third kappa shape index (κ3) is 1.33. The molecule has 0 spiro atoms. The van der Waals surface area contributed by atoms with Gasteiger partial charge in [-0.1, -0.05) is 25.5 Å². The maximum Gasteiger partial charge on any atom is 0.0512 e. The molecule has 1 heteroatoms. The maximum absolute atomic E-state index is 2.27. The molecular formula is C13H17N. The fourth-order valence-electron chi connectivity index (χ4n) is 2.11. The van der Waals surface area contributed by atoms with E-state index in [1.165, 1.54) is 34.9 Å². The average molecular weight is 187 g/mol. The lowest BCUT2D eigenvalue weighted by atomic mass is 10.0. The predicted octanol–water partition coefficient (Wildman–Crippen LogP) is 3.44. The van der Waals surface area contributed by atoms with E-state index in [0.717, 1.165) is 0 Å². The number of benzene rings is 1. The zero-order chi connectivity index (χ0) is 10.1. The summed E-state index contributed by atoms with van der Waals surface area (Å²) in [6, 6.07) is 6.71. The lowest BCUT2D eigenvalue weighted by Crippen LogP contribution is -1.92. The summed E-state index contributed by atoms with van der Waals surface area (Å²) >= 11 is 0. The summed E-state index contributed by atoms with van der Waals surface area (Å²) in [6.07, 6.45) is 4.54. The highest BCUT2D eigenvalue weighted by Gasteiger charge is 2.05. The minimum atomic E-state index is 1.18. The van der Waals surface area contributed by atoms with Crippen LogP contribution in [-0.4, -0.2) is 4.57 Å². The molecule has 0 bridgehead atoms. The average Bonchev–Trinajstić information content (AvgIpc) is 2.55. The second-order valence-corrected chi connectivity index (χ2v) is 3.98. The van der Waals surface area contributed by atoms with Crippen molar-refractivity contribution in [3.8, 4) is 0 Å². The molecule has 74 valence electrons. The summed E-state index contributed by atoms with van der Waals surface area (Å²) in [7, 11) is 2.13. The standard InChI is InChI=1S/C13H17N/c1-4-5-11-7-6-10(2)12-8-9-14(3)13(11)12/h6-9H,4-5H2,1-3H3. The maximum atomic E-state index is 2.27. The van der Waals surface area contributed by atoms with Crippen molar-refractivity contribution in [3.05, 3.63) is 35.5 Å². The number of aromatic nitrogens is 1. The molecule has 2 aromatic rings. The van der Waals surface area contributed by atoms with Crippen LogP contribution in [0.1, 0.15) is 24.5 Å². The van der Waals surface area contributed by atoms with Gasteiger partial charge in [-0.05, 0) is 30.5 Å². The highest BCUT2D eigenvalue weighted by atomic mass is 14.9. The first kappa shape index (κ1) is 9.32. The third-order valence-corrected chi connectivity index (χ3v) is 2.86. The van der Waals surface area contributed by atoms with Crippen molar-refractivity contribution in [2.24, 2.45) is 7.05 Å². The van der Waals surface area contributed by atoms with Gasteiger partial charge in [0.15, 0.2) is 0 Å². The van der Waals surface area contributed by atoms with E-state index in [0.29, 0.717) is 0 Å². The Labute approximate surface area is 85.4 Å². The summed E-state index contributed by atoms with van der Waals surface area (Å²) < 4.78 is 2.23. The monoisotopic (exact) mass is 187 g/mol. The summed E-state index contributed by atoms with van der Waals surface area (Å²) in [5.41, 5.74) is 4.26. The van der Waals surface area contributed by atoms with Crippen LogP contribution in [-0.2, 0) is 13.5 Å². The number of nitrogens with zero attached hydrogens (tertiary/aromatic N) is 1. The highest BCUT2D eigenvalue weighted by Crippen LogP contribution is 2.23. The van der Waals surface area contributed by atoms with Gasteiger partial charge in [0.25, 0.3) is 0 Å². The Kier molecular flexibility index (Phi) is 2.32. The van der Waals surface area contributed by atoms with Gasteiger partial charge in [-0.3, -0.25) is 0 Å². The molecule has 0 radical (unpaired) electrons. The topological polar surface area (TPSA) is 4.93 Å². The summed E-state index contributed by atoms with van der Waals surface area (Å²) in [5, 5.41) is 1.40. The molecule has 1 heterocycles. The molecule has 1 aromatic heterocycles. The van der Waals surface area contributed by atoms with Gasteiger partial charge in [0.05, 0.1) is 5.52 Å². The van der Waals surface area contributed by atoms with Crippen LogP contribution < -0.4 is 0 Å². The molecule has 14 heavy (non-hydrogen) atoms. The molecule has 0 aliphatic heterocycles. The van der Waals surface area contributed by atoms with E-state index in [4.69, 9.17) is 0 Å². The lowest BCUT2D eigenvalue weighted by Gasteiger charge is -2.06. The highest BCUT2D eigenvalue weighted by molar-refractivity contribution is 5.86. The van der Waals surface area contributed by atoms with Crippen LogP contribution in [0.5, 0.6) is 0 Å². The fourth-order valence-corrected chi connectivity index (χ4v) is 2.11. The van der Waals surface area contributed by atoms with Crippen molar-refractivity contribution in [2.75, 3.05) is 0 Å². The molecule has 0 saturated carbocycles. The molecule has 0 amide bonds. The lowest BCUT2D eigenvalue weighted by molar-refractivity contribution is 0.902. The Bertz CT molecular complexity index is 451. The van der Waals surface area contributed by atoms with Gasteiger partial charge in [-0.2, -0.15) is 0 Å². The molecule has 0 aliphatic carbocycles. The zero-order valence-electron chi connectivity index (χ0n) is 9.17. The quantitative estimate of drug-likeness (QED) is 0.678. The van der Waals surface area contributed by atoms with Gasteiger partial charge < -0.3 is 4.57 Å². The molecule has 1 aromatic carbocycles. The zero-order valence-corrected chi connectivity index (χ0v) is 9.17. The molecule has 0 unspecified atom stereocenters. The Morgan fingerprint density at radius 2 is 2.00 bits per heavy atom. The van der Waals surface area contributed by atoms with Gasteiger partial charge >= 0.3 is 0 Å². The van der Waals surface area contributed by atoms with Gasteiger partial charge in [0, 0.05) is 18.6 Å². The Hall–Kier alpha value is -1.24. The predicted molar refractivity (Wildman–Crippen MR) is 61.7 cm³/mol. The van der Waals surface area contributed by atoms with Crippen molar-refractivity contribution in [1.82, 2.24) is 4.57 Å². The van der Waals surface area contributed by atoms with Crippen LogP contribution >= 0.6 is 0 Å². The van der Waals surface area contributed by atoms with E-state index in [1.807, 2.05) is 0 Å². The first-order chi connectivity index (χ1) is 6.74. The second-order valence-electron chi connectivity index (χ2n) is 3.98. The summed E-state index contributed by atoms with van der Waals surface area (Å²) in [5.74, 6) is 0. The Balaban J connectivity index is 2.72. The van der Waals surface area contributed by atoms with E-state index >= 15 is 0 Å². The smallest absolute Gasteiger partial charge is 0.0512 e. The first-order valence-electron chi connectivity index (χ1n) is 5.27. The van der Waals surface area contributed by atoms with Gasteiger partial charge in [-0.25, -0.2) is 0 Å². The van der Waals surface area contributed by atoms with Crippen LogP contribution in [0.15, 0.2) is 24.4 Å². The second kappa shape index (κ2) is 3.49. The van der Waals surface area contributed by atoms with E-state index in [1.54, 1.807) is 0 Å². The SMILES string of the molecule is CCCc1ccc(C)c2ccn(C)c12. The summed E-state index contributed by atoms with van der Waals surface area (Å²) in [4.78, 5) is 0. The third-order valence-electron chi connectivity index (χ3n) is 2.86. The molecule has 0 N–H and O–H groups in total. The molecule has 0 atom stereocenters. The molecule has 0 saturated heterocycles. The van der Waals surface area contributed by atoms with Crippen LogP contribution in [0.25, 0.3) is 10.9 Å². The molecule has 1 nitrogen and oxygen atoms in total. The minimum Gasteiger partial charge on any atom is -0.350 e. The molecule has 0 fully saturated rings. The van der Waals surface area contributed by atoms with E-state index in [9.17, 15) is 0 Å². The van der Waals surface area contributed by atoms with Crippen molar-refractivity contribution in [3.63, 3.8) is 0 Å². The van der Waals surface area contributed by atoms with Crippen molar-refractivity contribution in [2.45, 2.75) is 26.7 Å². The van der Waals surface area contributed by atoms with Crippen LogP contribution in [0.4, 0.5) is 0 Å². The van der Waals surface area contributed by atoms with E-state index in [2.05, 4.69) is 49.9 Å². The largest absolute Gasteiger partial charge is 0.350 e. The minimum absolute atomic E-state index is 1.18. The number of fused-ring (bicyclic) bond motifs is 1. The number of rotatable bonds is 2. The fraction of sp³-hybridized carbons (Fsp3) is 0.385. The van der Waals surface area contributed by atoms with Crippen LogP contribution in [0.3, 0.4) is 0 Å². The molecule has 0 aliphatic rings. The molecule has 2 rings (SSSR count). The number of hydrogen-bond acceptors (Lipinski definition) is 0. The number of aryl methyl sites for hydroxylation is 3. The molecular weight excluding hydrogens is 170 g/mol. The van der Waals surface area contributed by atoms with E-state index in [-0.39, 0.29) is 0 Å². The summed E-state index contributed by atoms with van der Waals surface area (Å²) in [6.45, 7) is 4.41. The van der Waals surface area contributed by atoms with Crippen LogP contribution in [0.2, 0.25) is 0 Å². The Morgan fingerprint density at radius 1 is 1.21 bits per heavy atom. The van der Waals surface area contributed by atoms with Gasteiger partial charge in [0.2, 0.25) is 0 Å². The van der Waals surface area contributed by atoms with Gasteiger partial charge in [0.1, 0.15) is 0 Å². The van der Waals surface area contributed by atoms with Crippen molar-refractivity contribution < 1.29 is 0 Å². The van der Waals surface area contributed by atoms with E-state index < -0.39 is 0 Å². The van der Waals surface area contributed by atoms with Crippen molar-refractivity contribution >= 4 is 10.9 Å². The Morgan fingerprint density at radius 3 is 2.71 bits per heavy atom. The van der Waals surface area contributed by atoms with Crippen molar-refractivity contribution in [1.29, 1.82) is 0 Å².